The number of nitrogens with one attached hydrogen (secondary N) is 2. The standard InChI is InChI=1S/C23H21FN2O3/c24-21-9-5-4-8-18(21)14-22(27)25-15-23(28)26-19-10-12-20(13-11-19)29-16-17-6-2-1-3-7-17/h1-13H,14-16H2,(H,25,27)(H,26,28). The van der Waals surface area contributed by atoms with Crippen LogP contribution in [0.15, 0.2) is 78.9 Å². The normalized spacial score (nSPS) is 10.2. The summed E-state index contributed by atoms with van der Waals surface area (Å²) in [4.78, 5) is 23.9. The minimum atomic E-state index is -0.443. The van der Waals surface area contributed by atoms with Gasteiger partial charge >= 0.3 is 0 Å². The molecule has 0 atom stereocenters. The van der Waals surface area contributed by atoms with Gasteiger partial charge in [-0.1, -0.05) is 48.5 Å². The zero-order valence-electron chi connectivity index (χ0n) is 15.7. The van der Waals surface area contributed by atoms with Crippen molar-refractivity contribution in [3.63, 3.8) is 0 Å². The van der Waals surface area contributed by atoms with Crippen LogP contribution < -0.4 is 15.4 Å². The lowest BCUT2D eigenvalue weighted by Crippen LogP contribution is -2.33. The molecule has 29 heavy (non-hydrogen) atoms. The van der Waals surface area contributed by atoms with Gasteiger partial charge in [-0.05, 0) is 41.5 Å². The molecule has 0 spiro atoms. The number of carbonyl (C=O) groups is 2. The van der Waals surface area contributed by atoms with E-state index in [-0.39, 0.29) is 24.4 Å². The van der Waals surface area contributed by atoms with Crippen molar-refractivity contribution < 1.29 is 18.7 Å². The van der Waals surface area contributed by atoms with Crippen molar-refractivity contribution in [3.8, 4) is 5.75 Å². The van der Waals surface area contributed by atoms with Crippen LogP contribution in [0.2, 0.25) is 0 Å². The highest BCUT2D eigenvalue weighted by atomic mass is 19.1. The van der Waals surface area contributed by atoms with Crippen molar-refractivity contribution in [3.05, 3.63) is 95.8 Å². The predicted molar refractivity (Wildman–Crippen MR) is 109 cm³/mol. The average molecular weight is 392 g/mol. The Morgan fingerprint density at radius 2 is 1.52 bits per heavy atom. The van der Waals surface area contributed by atoms with E-state index in [1.165, 1.54) is 12.1 Å². The van der Waals surface area contributed by atoms with E-state index < -0.39 is 11.7 Å². The van der Waals surface area contributed by atoms with Gasteiger partial charge in [0.25, 0.3) is 0 Å². The van der Waals surface area contributed by atoms with Gasteiger partial charge in [0, 0.05) is 5.69 Å². The fraction of sp³-hybridized carbons (Fsp3) is 0.130. The Morgan fingerprint density at radius 3 is 2.24 bits per heavy atom. The maximum Gasteiger partial charge on any atom is 0.243 e. The van der Waals surface area contributed by atoms with Gasteiger partial charge in [0.1, 0.15) is 18.2 Å². The van der Waals surface area contributed by atoms with Crippen LogP contribution in [0.25, 0.3) is 0 Å². The van der Waals surface area contributed by atoms with Gasteiger partial charge in [0.2, 0.25) is 11.8 Å². The molecule has 2 N–H and O–H groups in total. The molecule has 0 radical (unpaired) electrons. The number of hydrogen-bond acceptors (Lipinski definition) is 3. The summed E-state index contributed by atoms with van der Waals surface area (Å²) in [5.41, 5.74) is 1.94. The summed E-state index contributed by atoms with van der Waals surface area (Å²) in [7, 11) is 0. The first-order chi connectivity index (χ1) is 14.1. The quantitative estimate of drug-likeness (QED) is 0.614. The van der Waals surface area contributed by atoms with Crippen LogP contribution in [0.3, 0.4) is 0 Å². The van der Waals surface area contributed by atoms with E-state index in [2.05, 4.69) is 10.6 Å². The molecule has 0 saturated heterocycles. The first kappa shape index (κ1) is 20.1. The molecule has 0 unspecified atom stereocenters. The highest BCUT2D eigenvalue weighted by Crippen LogP contribution is 2.17. The number of ether oxygens (including phenoxy) is 1. The van der Waals surface area contributed by atoms with E-state index >= 15 is 0 Å². The first-order valence-electron chi connectivity index (χ1n) is 9.17. The molecule has 2 amide bonds. The maximum atomic E-state index is 13.6. The van der Waals surface area contributed by atoms with Crippen molar-refractivity contribution in [2.75, 3.05) is 11.9 Å². The topological polar surface area (TPSA) is 67.4 Å². The number of anilines is 1. The van der Waals surface area contributed by atoms with E-state index in [4.69, 9.17) is 4.74 Å². The predicted octanol–water partition coefficient (Wildman–Crippen LogP) is 3.70. The molecule has 148 valence electrons. The molecular formula is C23H21FN2O3. The Labute approximate surface area is 168 Å². The maximum absolute atomic E-state index is 13.6. The molecule has 0 bridgehead atoms. The third kappa shape index (κ3) is 6.46. The summed E-state index contributed by atoms with van der Waals surface area (Å²) < 4.78 is 19.2. The monoisotopic (exact) mass is 392 g/mol. The largest absolute Gasteiger partial charge is 0.489 e. The van der Waals surface area contributed by atoms with E-state index in [0.717, 1.165) is 5.56 Å². The molecule has 3 aromatic carbocycles. The van der Waals surface area contributed by atoms with Crippen molar-refractivity contribution in [1.82, 2.24) is 5.32 Å². The van der Waals surface area contributed by atoms with Gasteiger partial charge in [0.15, 0.2) is 0 Å². The van der Waals surface area contributed by atoms with Gasteiger partial charge in [0.05, 0.1) is 13.0 Å². The van der Waals surface area contributed by atoms with Crippen LogP contribution in [0.1, 0.15) is 11.1 Å². The second-order valence-electron chi connectivity index (χ2n) is 6.39. The molecule has 0 fully saturated rings. The second kappa shape index (κ2) is 10.0. The highest BCUT2D eigenvalue weighted by Gasteiger charge is 2.09. The number of rotatable bonds is 8. The smallest absolute Gasteiger partial charge is 0.243 e. The Bertz CT molecular complexity index is 959. The number of benzene rings is 3. The second-order valence-corrected chi connectivity index (χ2v) is 6.39. The van der Waals surface area contributed by atoms with Crippen LogP contribution in [-0.4, -0.2) is 18.4 Å². The third-order valence-electron chi connectivity index (χ3n) is 4.14. The van der Waals surface area contributed by atoms with Gasteiger partial charge in [-0.25, -0.2) is 4.39 Å². The summed E-state index contributed by atoms with van der Waals surface area (Å²) >= 11 is 0. The summed E-state index contributed by atoms with van der Waals surface area (Å²) in [6.45, 7) is 0.264. The first-order valence-corrected chi connectivity index (χ1v) is 9.17. The Kier molecular flexibility index (Phi) is 6.95. The number of carbonyl (C=O) groups excluding carboxylic acids is 2. The number of halogens is 1. The van der Waals surface area contributed by atoms with Crippen molar-refractivity contribution >= 4 is 17.5 Å². The summed E-state index contributed by atoms with van der Waals surface area (Å²) in [6, 6.07) is 22.8. The van der Waals surface area contributed by atoms with E-state index in [9.17, 15) is 14.0 Å². The number of amides is 2. The Balaban J connectivity index is 1.42. The van der Waals surface area contributed by atoms with E-state index in [0.29, 0.717) is 18.0 Å². The molecule has 0 aliphatic rings. The van der Waals surface area contributed by atoms with Crippen LogP contribution >= 0.6 is 0 Å². The Morgan fingerprint density at radius 1 is 0.828 bits per heavy atom. The lowest BCUT2D eigenvalue weighted by atomic mass is 10.1. The van der Waals surface area contributed by atoms with Crippen LogP contribution in [-0.2, 0) is 22.6 Å². The number of hydrogen-bond donors (Lipinski definition) is 2. The molecule has 0 aliphatic heterocycles. The lowest BCUT2D eigenvalue weighted by Gasteiger charge is -2.09. The minimum Gasteiger partial charge on any atom is -0.489 e. The van der Waals surface area contributed by atoms with Gasteiger partial charge in [-0.3, -0.25) is 9.59 Å². The van der Waals surface area contributed by atoms with Gasteiger partial charge < -0.3 is 15.4 Å². The Hall–Kier alpha value is -3.67. The summed E-state index contributed by atoms with van der Waals surface area (Å²) in [5, 5.41) is 5.18. The van der Waals surface area contributed by atoms with E-state index in [1.807, 2.05) is 30.3 Å². The fourth-order valence-corrected chi connectivity index (χ4v) is 2.64. The van der Waals surface area contributed by atoms with Crippen molar-refractivity contribution in [1.29, 1.82) is 0 Å². The molecule has 0 heterocycles. The molecule has 3 rings (SSSR count). The zero-order chi connectivity index (χ0) is 20.5. The zero-order valence-corrected chi connectivity index (χ0v) is 15.7. The molecule has 6 heteroatoms. The molecule has 0 aromatic heterocycles. The van der Waals surface area contributed by atoms with Crippen molar-refractivity contribution in [2.24, 2.45) is 0 Å². The fourth-order valence-electron chi connectivity index (χ4n) is 2.64. The SMILES string of the molecule is O=C(Cc1ccccc1F)NCC(=O)Nc1ccc(OCc2ccccc2)cc1. The van der Waals surface area contributed by atoms with Crippen molar-refractivity contribution in [2.45, 2.75) is 13.0 Å². The third-order valence-corrected chi connectivity index (χ3v) is 4.14. The average Bonchev–Trinajstić information content (AvgIpc) is 2.74. The molecule has 5 nitrogen and oxygen atoms in total. The van der Waals surface area contributed by atoms with Gasteiger partial charge in [-0.15, -0.1) is 0 Å². The summed E-state index contributed by atoms with van der Waals surface area (Å²) in [6.07, 6.45) is -0.118. The molecule has 3 aromatic rings. The van der Waals surface area contributed by atoms with E-state index in [1.54, 1.807) is 36.4 Å². The molecular weight excluding hydrogens is 371 g/mol. The van der Waals surface area contributed by atoms with Crippen LogP contribution in [0, 0.1) is 5.82 Å². The van der Waals surface area contributed by atoms with Crippen LogP contribution in [0.4, 0.5) is 10.1 Å². The lowest BCUT2D eigenvalue weighted by molar-refractivity contribution is -0.123. The highest BCUT2D eigenvalue weighted by molar-refractivity contribution is 5.94. The summed E-state index contributed by atoms with van der Waals surface area (Å²) in [5.74, 6) is -0.550. The molecule has 0 aliphatic carbocycles. The van der Waals surface area contributed by atoms with Gasteiger partial charge in [-0.2, -0.15) is 0 Å². The van der Waals surface area contributed by atoms with Crippen LogP contribution in [0.5, 0.6) is 5.75 Å². The minimum absolute atomic E-state index is 0.118. The molecule has 0 saturated carbocycles.